The number of methoxy groups -OCH3 is 2. The van der Waals surface area contributed by atoms with Gasteiger partial charge in [-0.2, -0.15) is 0 Å². The number of ether oxygens (including phenoxy) is 2. The van der Waals surface area contributed by atoms with Gasteiger partial charge in [-0.1, -0.05) is 19.9 Å². The number of piperidine rings is 1. The van der Waals surface area contributed by atoms with Crippen LogP contribution < -0.4 is 14.4 Å². The van der Waals surface area contributed by atoms with Gasteiger partial charge in [0.1, 0.15) is 0 Å². The number of hydrogen-bond donors (Lipinski definition) is 0. The lowest BCUT2D eigenvalue weighted by molar-refractivity contribution is 0.0962. The smallest absolute Gasteiger partial charge is 0.225 e. The van der Waals surface area contributed by atoms with Crippen LogP contribution >= 0.6 is 0 Å². The van der Waals surface area contributed by atoms with Crippen molar-refractivity contribution < 1.29 is 14.3 Å². The van der Waals surface area contributed by atoms with Crippen molar-refractivity contribution in [3.8, 4) is 11.5 Å². The Morgan fingerprint density at radius 1 is 1.03 bits per heavy atom. The molecule has 0 unspecified atom stereocenters. The number of nitrogens with zero attached hydrogens (tertiary/aromatic N) is 3. The third-order valence-electron chi connectivity index (χ3n) is 6.06. The topological polar surface area (TPSA) is 64.5 Å². The Hall–Kier alpha value is -2.63. The molecule has 0 radical (unpaired) electrons. The van der Waals surface area contributed by atoms with Gasteiger partial charge < -0.3 is 14.4 Å². The van der Waals surface area contributed by atoms with E-state index in [2.05, 4.69) is 23.7 Å². The van der Waals surface area contributed by atoms with E-state index in [1.165, 1.54) is 6.42 Å². The van der Waals surface area contributed by atoms with Gasteiger partial charge in [-0.3, -0.25) is 4.79 Å². The highest BCUT2D eigenvalue weighted by atomic mass is 16.5. The van der Waals surface area contributed by atoms with Gasteiger partial charge in [0, 0.05) is 25.7 Å². The van der Waals surface area contributed by atoms with Crippen LogP contribution in [0.1, 0.15) is 54.2 Å². The molecule has 0 saturated carbocycles. The summed E-state index contributed by atoms with van der Waals surface area (Å²) in [5, 5.41) is 0. The van der Waals surface area contributed by atoms with Crippen molar-refractivity contribution in [3.05, 3.63) is 41.2 Å². The van der Waals surface area contributed by atoms with Crippen molar-refractivity contribution in [1.29, 1.82) is 0 Å². The molecule has 29 heavy (non-hydrogen) atoms. The molecule has 0 spiro atoms. The molecule has 1 aromatic carbocycles. The third kappa shape index (κ3) is 3.93. The molecule has 1 aliphatic heterocycles. The maximum absolute atomic E-state index is 12.8. The Kier molecular flexibility index (Phi) is 5.43. The number of fused-ring (bicyclic) bond motifs is 1. The van der Waals surface area contributed by atoms with E-state index in [1.807, 2.05) is 18.2 Å². The Balaban J connectivity index is 1.62. The predicted molar refractivity (Wildman–Crippen MR) is 112 cm³/mol. The van der Waals surface area contributed by atoms with E-state index in [0.717, 1.165) is 36.7 Å². The number of carbonyl (C=O) groups excluding carboxylic acids is 1. The van der Waals surface area contributed by atoms with Gasteiger partial charge in [0.15, 0.2) is 17.3 Å². The van der Waals surface area contributed by atoms with Crippen LogP contribution in [0.5, 0.6) is 11.5 Å². The van der Waals surface area contributed by atoms with Crippen LogP contribution in [0.3, 0.4) is 0 Å². The first-order chi connectivity index (χ1) is 14.0. The van der Waals surface area contributed by atoms with Crippen molar-refractivity contribution in [2.75, 3.05) is 32.2 Å². The molecular formula is C23H29N3O3. The van der Waals surface area contributed by atoms with E-state index in [9.17, 15) is 4.79 Å². The fourth-order valence-electron chi connectivity index (χ4n) is 4.76. The average Bonchev–Trinajstić information content (AvgIpc) is 2.72. The van der Waals surface area contributed by atoms with Gasteiger partial charge in [0.05, 0.1) is 25.5 Å². The van der Waals surface area contributed by atoms with Crippen LogP contribution in [0.15, 0.2) is 24.4 Å². The van der Waals surface area contributed by atoms with E-state index < -0.39 is 0 Å². The number of Topliss-reactive ketones (excluding diaryl/α,β-unsaturated/α-hetero) is 1. The number of aromatic nitrogens is 2. The Morgan fingerprint density at radius 2 is 1.76 bits per heavy atom. The second kappa shape index (κ2) is 8.01. The van der Waals surface area contributed by atoms with Gasteiger partial charge in [-0.25, -0.2) is 9.97 Å². The SMILES string of the molecule is COc1ccc([C@H]2CC(=O)c3cnc(N4C[C@@H](C)C[C@H](C)C4)nc3C2)cc1OC. The van der Waals surface area contributed by atoms with Crippen molar-refractivity contribution in [2.45, 2.75) is 39.0 Å². The van der Waals surface area contributed by atoms with Crippen LogP contribution in [0, 0.1) is 11.8 Å². The van der Waals surface area contributed by atoms with Gasteiger partial charge in [-0.15, -0.1) is 0 Å². The van der Waals surface area contributed by atoms with Crippen molar-refractivity contribution in [3.63, 3.8) is 0 Å². The molecule has 0 bridgehead atoms. The number of benzene rings is 1. The number of anilines is 1. The lowest BCUT2D eigenvalue weighted by Gasteiger charge is -2.35. The molecule has 0 amide bonds. The molecule has 6 heteroatoms. The molecule has 1 fully saturated rings. The molecule has 1 saturated heterocycles. The number of hydrogen-bond acceptors (Lipinski definition) is 6. The fourth-order valence-corrected chi connectivity index (χ4v) is 4.76. The number of carbonyl (C=O) groups is 1. The first-order valence-corrected chi connectivity index (χ1v) is 10.3. The zero-order valence-electron chi connectivity index (χ0n) is 17.6. The van der Waals surface area contributed by atoms with Crippen LogP contribution in [-0.2, 0) is 6.42 Å². The standard InChI is InChI=1S/C23H29N3O3/c1-14-7-15(2)13-26(12-14)23-24-11-18-19(25-23)8-17(9-20(18)27)16-5-6-21(28-3)22(10-16)29-4/h5-6,10-11,14-15,17H,7-9,12-13H2,1-4H3/t14-,15-,17+/m0/s1. The van der Waals surface area contributed by atoms with Crippen molar-refractivity contribution >= 4 is 11.7 Å². The average molecular weight is 396 g/mol. The lowest BCUT2D eigenvalue weighted by Crippen LogP contribution is -2.40. The quantitative estimate of drug-likeness (QED) is 0.783. The molecule has 2 aliphatic rings. The van der Waals surface area contributed by atoms with E-state index in [4.69, 9.17) is 14.5 Å². The van der Waals surface area contributed by atoms with Crippen LogP contribution in [0.25, 0.3) is 0 Å². The summed E-state index contributed by atoms with van der Waals surface area (Å²) in [5.41, 5.74) is 2.60. The summed E-state index contributed by atoms with van der Waals surface area (Å²) in [4.78, 5) is 24.4. The van der Waals surface area contributed by atoms with Gasteiger partial charge in [-0.05, 0) is 48.3 Å². The van der Waals surface area contributed by atoms with Crippen LogP contribution in [0.4, 0.5) is 5.95 Å². The molecule has 154 valence electrons. The van der Waals surface area contributed by atoms with E-state index in [1.54, 1.807) is 20.4 Å². The summed E-state index contributed by atoms with van der Waals surface area (Å²) < 4.78 is 10.8. The summed E-state index contributed by atoms with van der Waals surface area (Å²) >= 11 is 0. The van der Waals surface area contributed by atoms with E-state index >= 15 is 0 Å². The molecule has 4 rings (SSSR count). The highest BCUT2D eigenvalue weighted by Crippen LogP contribution is 2.37. The van der Waals surface area contributed by atoms with E-state index in [-0.39, 0.29) is 11.7 Å². The van der Waals surface area contributed by atoms with Crippen molar-refractivity contribution in [1.82, 2.24) is 9.97 Å². The first-order valence-electron chi connectivity index (χ1n) is 10.3. The maximum atomic E-state index is 12.8. The number of ketones is 1. The van der Waals surface area contributed by atoms with Gasteiger partial charge >= 0.3 is 0 Å². The van der Waals surface area contributed by atoms with Crippen molar-refractivity contribution in [2.24, 2.45) is 11.8 Å². The van der Waals surface area contributed by atoms with Gasteiger partial charge in [0.25, 0.3) is 0 Å². The highest BCUT2D eigenvalue weighted by molar-refractivity contribution is 5.98. The monoisotopic (exact) mass is 395 g/mol. The summed E-state index contributed by atoms with van der Waals surface area (Å²) in [6.07, 6.45) is 4.16. The number of rotatable bonds is 4. The highest BCUT2D eigenvalue weighted by Gasteiger charge is 2.30. The second-order valence-electron chi connectivity index (χ2n) is 8.52. The zero-order chi connectivity index (χ0) is 20.5. The minimum absolute atomic E-state index is 0.0803. The molecular weight excluding hydrogens is 366 g/mol. The van der Waals surface area contributed by atoms with Gasteiger partial charge in [0.2, 0.25) is 5.95 Å². The molecule has 2 aromatic rings. The minimum atomic E-state index is 0.0803. The summed E-state index contributed by atoms with van der Waals surface area (Å²) in [7, 11) is 3.25. The molecule has 2 heterocycles. The molecule has 1 aliphatic carbocycles. The molecule has 6 nitrogen and oxygen atoms in total. The predicted octanol–water partition coefficient (Wildman–Crippen LogP) is 3.89. The summed E-state index contributed by atoms with van der Waals surface area (Å²) in [6.45, 7) is 6.49. The first kappa shape index (κ1) is 19.7. The Morgan fingerprint density at radius 3 is 2.45 bits per heavy atom. The lowest BCUT2D eigenvalue weighted by atomic mass is 9.82. The Labute approximate surface area is 172 Å². The summed E-state index contributed by atoms with van der Waals surface area (Å²) in [6, 6.07) is 5.88. The zero-order valence-corrected chi connectivity index (χ0v) is 17.6. The largest absolute Gasteiger partial charge is 0.493 e. The second-order valence-corrected chi connectivity index (χ2v) is 8.52. The van der Waals surface area contributed by atoms with Crippen LogP contribution in [-0.4, -0.2) is 43.1 Å². The Bertz CT molecular complexity index is 904. The molecule has 1 aromatic heterocycles. The maximum Gasteiger partial charge on any atom is 0.225 e. The van der Waals surface area contributed by atoms with E-state index in [0.29, 0.717) is 35.3 Å². The molecule has 0 N–H and O–H groups in total. The molecule has 3 atom stereocenters. The third-order valence-corrected chi connectivity index (χ3v) is 6.06. The fraction of sp³-hybridized carbons (Fsp3) is 0.522. The van der Waals surface area contributed by atoms with Crippen LogP contribution in [0.2, 0.25) is 0 Å². The minimum Gasteiger partial charge on any atom is -0.493 e. The normalized spacial score (nSPS) is 24.2. The summed E-state index contributed by atoms with van der Waals surface area (Å²) in [5.74, 6) is 3.57.